The first kappa shape index (κ1) is 19.0. The van der Waals surface area contributed by atoms with Crippen molar-refractivity contribution in [3.63, 3.8) is 0 Å². The van der Waals surface area contributed by atoms with Crippen LogP contribution in [0.4, 0.5) is 5.69 Å². The molecule has 1 N–H and O–H groups in total. The number of hydrogen-bond donors (Lipinski definition) is 1. The van der Waals surface area contributed by atoms with Gasteiger partial charge in [0.05, 0.1) is 0 Å². The van der Waals surface area contributed by atoms with Crippen LogP contribution in [0.1, 0.15) is 39.2 Å². The van der Waals surface area contributed by atoms with Gasteiger partial charge in [0.1, 0.15) is 0 Å². The van der Waals surface area contributed by atoms with Crippen molar-refractivity contribution in [1.29, 1.82) is 0 Å². The van der Waals surface area contributed by atoms with E-state index in [1.165, 1.54) is 0 Å². The zero-order chi connectivity index (χ0) is 17.9. The number of nitrogens with zero attached hydrogens (tertiary/aromatic N) is 2. The molecule has 2 rings (SSSR count). The second-order valence-electron chi connectivity index (χ2n) is 6.63. The number of benzene rings is 1. The highest BCUT2D eigenvalue weighted by atomic mass is 35.5. The Kier molecular flexibility index (Phi) is 6.47. The molecule has 6 heteroatoms. The van der Waals surface area contributed by atoms with E-state index in [-0.39, 0.29) is 5.91 Å². The lowest BCUT2D eigenvalue weighted by molar-refractivity contribution is -0.130. The van der Waals surface area contributed by atoms with Gasteiger partial charge in [-0.05, 0) is 63.5 Å². The molecule has 132 valence electrons. The normalized spacial score (nSPS) is 15.5. The maximum atomic E-state index is 11.5. The van der Waals surface area contributed by atoms with Crippen LogP contribution in [-0.4, -0.2) is 46.0 Å². The summed E-state index contributed by atoms with van der Waals surface area (Å²) < 4.78 is 0. The van der Waals surface area contributed by atoms with Crippen LogP contribution in [0.15, 0.2) is 18.2 Å². The van der Waals surface area contributed by atoms with E-state index in [2.05, 4.69) is 24.1 Å². The molecule has 1 aliphatic heterocycles. The molecule has 0 radical (unpaired) electrons. The van der Waals surface area contributed by atoms with E-state index in [4.69, 9.17) is 23.8 Å². The van der Waals surface area contributed by atoms with E-state index < -0.39 is 0 Å². The van der Waals surface area contributed by atoms with Crippen molar-refractivity contribution in [3.8, 4) is 0 Å². The third-order valence-electron chi connectivity index (χ3n) is 4.54. The highest BCUT2D eigenvalue weighted by molar-refractivity contribution is 7.80. The smallest absolute Gasteiger partial charge is 0.219 e. The van der Waals surface area contributed by atoms with E-state index in [0.29, 0.717) is 17.1 Å². The van der Waals surface area contributed by atoms with E-state index >= 15 is 0 Å². The molecule has 24 heavy (non-hydrogen) atoms. The molecule has 0 saturated carbocycles. The molecule has 0 aliphatic carbocycles. The fourth-order valence-electron chi connectivity index (χ4n) is 3.19. The number of anilines is 1. The van der Waals surface area contributed by atoms with Crippen LogP contribution in [0.2, 0.25) is 5.02 Å². The molecule has 1 aromatic carbocycles. The molecule has 1 aliphatic rings. The average molecular weight is 368 g/mol. The zero-order valence-corrected chi connectivity index (χ0v) is 16.4. The third-order valence-corrected chi connectivity index (χ3v) is 5.08. The first-order valence-electron chi connectivity index (χ1n) is 8.40. The average Bonchev–Trinajstić information content (AvgIpc) is 2.51. The van der Waals surface area contributed by atoms with Crippen molar-refractivity contribution in [2.75, 3.05) is 18.4 Å². The predicted octanol–water partition coefficient (Wildman–Crippen LogP) is 4.07. The lowest BCUT2D eigenvalue weighted by atomic mass is 10.0. The monoisotopic (exact) mass is 367 g/mol. The first-order valence-corrected chi connectivity index (χ1v) is 9.19. The second-order valence-corrected chi connectivity index (χ2v) is 7.45. The van der Waals surface area contributed by atoms with Gasteiger partial charge in [0.15, 0.2) is 5.11 Å². The molecule has 1 aromatic rings. The molecule has 1 saturated heterocycles. The Morgan fingerprint density at radius 3 is 2.54 bits per heavy atom. The number of amides is 1. The quantitative estimate of drug-likeness (QED) is 0.817. The Balaban J connectivity index is 2.09. The molecule has 0 atom stereocenters. The Labute approximate surface area is 155 Å². The van der Waals surface area contributed by atoms with Crippen LogP contribution in [0.3, 0.4) is 0 Å². The summed E-state index contributed by atoms with van der Waals surface area (Å²) in [6.07, 6.45) is 1.88. The maximum absolute atomic E-state index is 11.5. The predicted molar refractivity (Wildman–Crippen MR) is 105 cm³/mol. The highest BCUT2D eigenvalue weighted by Crippen LogP contribution is 2.24. The summed E-state index contributed by atoms with van der Waals surface area (Å²) in [5.74, 6) is 0.153. The Bertz CT molecular complexity index is 612. The standard InChI is InChI=1S/C18H26ClN3OS/c1-12(2)22(16-7-9-21(10-8-16)14(4)23)18(24)20-17-11-15(19)6-5-13(17)3/h5-6,11-12,16H,7-10H2,1-4H3,(H,20,24). The minimum atomic E-state index is 0.153. The zero-order valence-electron chi connectivity index (χ0n) is 14.8. The van der Waals surface area contributed by atoms with Crippen molar-refractivity contribution in [3.05, 3.63) is 28.8 Å². The Morgan fingerprint density at radius 2 is 2.00 bits per heavy atom. The van der Waals surface area contributed by atoms with E-state index in [9.17, 15) is 4.79 Å². The van der Waals surface area contributed by atoms with Crippen LogP contribution in [0.5, 0.6) is 0 Å². The minimum Gasteiger partial charge on any atom is -0.343 e. The summed E-state index contributed by atoms with van der Waals surface area (Å²) in [5, 5.41) is 4.77. The molecule has 0 aromatic heterocycles. The lowest BCUT2D eigenvalue weighted by Gasteiger charge is -2.42. The number of piperidine rings is 1. The maximum Gasteiger partial charge on any atom is 0.219 e. The number of nitrogens with one attached hydrogen (secondary N) is 1. The second kappa shape index (κ2) is 8.17. The van der Waals surface area contributed by atoms with E-state index in [1.54, 1.807) is 6.92 Å². The van der Waals surface area contributed by atoms with Gasteiger partial charge in [-0.1, -0.05) is 17.7 Å². The van der Waals surface area contributed by atoms with Crippen LogP contribution < -0.4 is 5.32 Å². The van der Waals surface area contributed by atoms with Crippen LogP contribution in [0.25, 0.3) is 0 Å². The third kappa shape index (κ3) is 4.61. The molecular formula is C18H26ClN3OS. The number of aryl methyl sites for hydroxylation is 1. The van der Waals surface area contributed by atoms with Gasteiger partial charge in [-0.3, -0.25) is 4.79 Å². The summed E-state index contributed by atoms with van der Waals surface area (Å²) >= 11 is 11.8. The SMILES string of the molecule is CC(=O)N1CCC(N(C(=S)Nc2cc(Cl)ccc2C)C(C)C)CC1. The topological polar surface area (TPSA) is 35.6 Å². The van der Waals surface area contributed by atoms with Gasteiger partial charge in [0.2, 0.25) is 5.91 Å². The summed E-state index contributed by atoms with van der Waals surface area (Å²) in [6, 6.07) is 6.40. The fraction of sp³-hybridized carbons (Fsp3) is 0.556. The molecule has 1 heterocycles. The van der Waals surface area contributed by atoms with Gasteiger partial charge >= 0.3 is 0 Å². The van der Waals surface area contributed by atoms with Gasteiger partial charge in [0.25, 0.3) is 0 Å². The highest BCUT2D eigenvalue weighted by Gasteiger charge is 2.29. The minimum absolute atomic E-state index is 0.153. The van der Waals surface area contributed by atoms with Crippen molar-refractivity contribution < 1.29 is 4.79 Å². The van der Waals surface area contributed by atoms with Gasteiger partial charge in [-0.2, -0.15) is 0 Å². The molecule has 1 amide bonds. The largest absolute Gasteiger partial charge is 0.343 e. The molecule has 0 unspecified atom stereocenters. The van der Waals surface area contributed by atoms with Crippen molar-refractivity contribution in [1.82, 2.24) is 9.80 Å². The van der Waals surface area contributed by atoms with Gasteiger partial charge < -0.3 is 15.1 Å². The summed E-state index contributed by atoms with van der Waals surface area (Å²) in [6.45, 7) is 9.55. The summed E-state index contributed by atoms with van der Waals surface area (Å²) in [4.78, 5) is 15.7. The molecular weight excluding hydrogens is 342 g/mol. The number of carbonyl (C=O) groups is 1. The van der Waals surface area contributed by atoms with Crippen molar-refractivity contribution in [2.24, 2.45) is 0 Å². The van der Waals surface area contributed by atoms with E-state index in [0.717, 1.165) is 42.3 Å². The molecule has 1 fully saturated rings. The van der Waals surface area contributed by atoms with Gasteiger partial charge in [0, 0.05) is 42.8 Å². The Hall–Kier alpha value is -1.33. The van der Waals surface area contributed by atoms with E-state index in [1.807, 2.05) is 30.0 Å². The van der Waals surface area contributed by atoms with Crippen LogP contribution in [-0.2, 0) is 4.79 Å². The number of carbonyl (C=O) groups excluding carboxylic acids is 1. The molecule has 0 bridgehead atoms. The number of thiocarbonyl (C=S) groups is 1. The van der Waals surface area contributed by atoms with Gasteiger partial charge in [-0.15, -0.1) is 0 Å². The lowest BCUT2D eigenvalue weighted by Crippen LogP contribution is -2.52. The Morgan fingerprint density at radius 1 is 1.38 bits per heavy atom. The van der Waals surface area contributed by atoms with Crippen molar-refractivity contribution in [2.45, 2.75) is 52.6 Å². The fourth-order valence-corrected chi connectivity index (χ4v) is 3.83. The van der Waals surface area contributed by atoms with Crippen LogP contribution >= 0.6 is 23.8 Å². The molecule has 0 spiro atoms. The number of likely N-dealkylation sites (tertiary alicyclic amines) is 1. The number of halogens is 1. The molecule has 4 nitrogen and oxygen atoms in total. The number of hydrogen-bond acceptors (Lipinski definition) is 2. The van der Waals surface area contributed by atoms with Crippen LogP contribution in [0, 0.1) is 6.92 Å². The van der Waals surface area contributed by atoms with Crippen molar-refractivity contribution >= 4 is 40.5 Å². The number of rotatable bonds is 3. The first-order chi connectivity index (χ1) is 11.3. The summed E-state index contributed by atoms with van der Waals surface area (Å²) in [7, 11) is 0. The summed E-state index contributed by atoms with van der Waals surface area (Å²) in [5.41, 5.74) is 2.05. The van der Waals surface area contributed by atoms with Gasteiger partial charge in [-0.25, -0.2) is 0 Å².